The third kappa shape index (κ3) is 5.93. The average Bonchev–Trinajstić information content (AvgIpc) is 2.18. The van der Waals surface area contributed by atoms with Crippen LogP contribution < -0.4 is 0 Å². The second-order valence-corrected chi connectivity index (χ2v) is 5.74. The summed E-state index contributed by atoms with van der Waals surface area (Å²) in [6.45, 7) is 9.44. The Morgan fingerprint density at radius 1 is 0.875 bits per heavy atom. The normalized spacial score (nSPS) is 14.1. The number of ether oxygens (including phenoxy) is 1. The molecular weight excluding hydrogens is 228 g/mol. The van der Waals surface area contributed by atoms with Crippen molar-refractivity contribution in [2.45, 2.75) is 40.0 Å². The zero-order chi connectivity index (χ0) is 12.4. The van der Waals surface area contributed by atoms with Crippen LogP contribution in [0.3, 0.4) is 0 Å². The Morgan fingerprint density at radius 2 is 1.31 bits per heavy atom. The van der Waals surface area contributed by atoms with Crippen molar-refractivity contribution in [3.05, 3.63) is 0 Å². The first-order valence-corrected chi connectivity index (χ1v) is 7.78. The van der Waals surface area contributed by atoms with Gasteiger partial charge in [0.2, 0.25) is 0 Å². The van der Waals surface area contributed by atoms with Crippen LogP contribution in [-0.4, -0.2) is 46.6 Å². The first-order chi connectivity index (χ1) is 7.64. The van der Waals surface area contributed by atoms with Crippen LogP contribution in [0.5, 0.6) is 0 Å². The molecule has 0 amide bonds. The van der Waals surface area contributed by atoms with Crippen LogP contribution in [0.15, 0.2) is 0 Å². The van der Waals surface area contributed by atoms with Crippen molar-refractivity contribution in [1.29, 1.82) is 0 Å². The summed E-state index contributed by atoms with van der Waals surface area (Å²) < 4.78 is 21.8. The molecule has 0 saturated heterocycles. The van der Waals surface area contributed by atoms with E-state index in [9.17, 15) is 5.11 Å². The van der Waals surface area contributed by atoms with Gasteiger partial charge in [-0.15, -0.1) is 0 Å². The van der Waals surface area contributed by atoms with Gasteiger partial charge in [-0.3, -0.25) is 0 Å². The molecule has 0 aromatic carbocycles. The fourth-order valence-corrected chi connectivity index (χ4v) is 3.90. The van der Waals surface area contributed by atoms with Crippen molar-refractivity contribution in [2.75, 3.05) is 26.4 Å². The highest BCUT2D eigenvalue weighted by Gasteiger charge is 2.42. The predicted molar refractivity (Wildman–Crippen MR) is 63.1 cm³/mol. The largest absolute Gasteiger partial charge is 0.506 e. The lowest BCUT2D eigenvalue weighted by Crippen LogP contribution is -2.48. The van der Waals surface area contributed by atoms with E-state index in [1.807, 2.05) is 27.7 Å². The Bertz CT molecular complexity index is 150. The summed E-state index contributed by atoms with van der Waals surface area (Å²) in [7, 11) is -2.77. The highest BCUT2D eigenvalue weighted by atomic mass is 28.4. The number of rotatable bonds is 10. The summed E-state index contributed by atoms with van der Waals surface area (Å²) in [6.07, 6.45) is -0.888. The molecule has 0 heterocycles. The van der Waals surface area contributed by atoms with E-state index in [1.54, 1.807) is 0 Å². The van der Waals surface area contributed by atoms with Gasteiger partial charge in [-0.2, -0.15) is 0 Å². The van der Waals surface area contributed by atoms with Crippen molar-refractivity contribution in [1.82, 2.24) is 0 Å². The first kappa shape index (κ1) is 16.0. The van der Waals surface area contributed by atoms with Gasteiger partial charge < -0.3 is 23.1 Å². The van der Waals surface area contributed by atoms with Crippen LogP contribution in [0.1, 0.15) is 27.7 Å². The Labute approximate surface area is 99.0 Å². The van der Waals surface area contributed by atoms with Crippen LogP contribution in [0.4, 0.5) is 0 Å². The van der Waals surface area contributed by atoms with Gasteiger partial charge in [0.05, 0.1) is 6.04 Å². The Hall–Kier alpha value is 0.0169. The van der Waals surface area contributed by atoms with E-state index in [0.29, 0.717) is 26.4 Å². The standard InChI is InChI=1S/C10H24O5Si/c1-5-12-10(11)9-16(13-6-2,14-7-3)15-8-4/h10-11H,5-9H2,1-4H3. The molecule has 16 heavy (non-hydrogen) atoms. The molecule has 98 valence electrons. The van der Waals surface area contributed by atoms with Gasteiger partial charge in [0.25, 0.3) is 0 Å². The van der Waals surface area contributed by atoms with Crippen molar-refractivity contribution in [3.8, 4) is 0 Å². The summed E-state index contributed by atoms with van der Waals surface area (Å²) in [5.41, 5.74) is 0. The van der Waals surface area contributed by atoms with Crippen molar-refractivity contribution in [3.63, 3.8) is 0 Å². The zero-order valence-electron chi connectivity index (χ0n) is 10.7. The van der Waals surface area contributed by atoms with E-state index >= 15 is 0 Å². The van der Waals surface area contributed by atoms with E-state index in [0.717, 1.165) is 0 Å². The molecule has 1 N–H and O–H groups in total. The maximum atomic E-state index is 9.64. The Kier molecular flexibility index (Phi) is 9.10. The first-order valence-electron chi connectivity index (χ1n) is 5.85. The smallest absolute Gasteiger partial charge is 0.374 e. The molecule has 0 aliphatic heterocycles. The topological polar surface area (TPSA) is 57.2 Å². The van der Waals surface area contributed by atoms with Gasteiger partial charge in [0.1, 0.15) is 0 Å². The highest BCUT2D eigenvalue weighted by molar-refractivity contribution is 6.60. The molecule has 1 atom stereocenters. The van der Waals surface area contributed by atoms with Gasteiger partial charge in [0, 0.05) is 26.4 Å². The van der Waals surface area contributed by atoms with E-state index < -0.39 is 15.1 Å². The number of aliphatic hydroxyl groups excluding tert-OH is 1. The number of aliphatic hydroxyl groups is 1. The second kappa shape index (κ2) is 9.09. The van der Waals surface area contributed by atoms with Gasteiger partial charge in [-0.1, -0.05) is 0 Å². The van der Waals surface area contributed by atoms with E-state index in [4.69, 9.17) is 18.0 Å². The molecule has 0 bridgehead atoms. The second-order valence-electron chi connectivity index (χ2n) is 3.10. The molecule has 0 fully saturated rings. The summed E-state index contributed by atoms with van der Waals surface area (Å²) in [4.78, 5) is 0. The lowest BCUT2D eigenvalue weighted by molar-refractivity contribution is -0.0920. The molecule has 0 radical (unpaired) electrons. The van der Waals surface area contributed by atoms with Crippen LogP contribution in [0.2, 0.25) is 6.04 Å². The summed E-state index contributed by atoms with van der Waals surface area (Å²) in [5.74, 6) is 0. The minimum Gasteiger partial charge on any atom is -0.374 e. The minimum absolute atomic E-state index is 0.274. The van der Waals surface area contributed by atoms with Crippen LogP contribution in [-0.2, 0) is 18.0 Å². The number of hydrogen-bond donors (Lipinski definition) is 1. The van der Waals surface area contributed by atoms with E-state index in [-0.39, 0.29) is 6.04 Å². The van der Waals surface area contributed by atoms with Gasteiger partial charge in [0.15, 0.2) is 6.29 Å². The molecular formula is C10H24O5Si. The summed E-state index contributed by atoms with van der Waals surface area (Å²) in [6, 6.07) is 0.274. The maximum Gasteiger partial charge on any atom is 0.506 e. The summed E-state index contributed by atoms with van der Waals surface area (Å²) in [5, 5.41) is 9.64. The van der Waals surface area contributed by atoms with E-state index in [2.05, 4.69) is 0 Å². The zero-order valence-corrected chi connectivity index (χ0v) is 11.7. The van der Waals surface area contributed by atoms with Crippen molar-refractivity contribution >= 4 is 8.80 Å². The molecule has 5 nitrogen and oxygen atoms in total. The average molecular weight is 252 g/mol. The highest BCUT2D eigenvalue weighted by Crippen LogP contribution is 2.18. The fraction of sp³-hybridized carbons (Fsp3) is 1.00. The fourth-order valence-electron chi connectivity index (χ4n) is 1.43. The third-order valence-electron chi connectivity index (χ3n) is 1.88. The lowest BCUT2D eigenvalue weighted by Gasteiger charge is -2.29. The Morgan fingerprint density at radius 3 is 1.62 bits per heavy atom. The van der Waals surface area contributed by atoms with Gasteiger partial charge in [-0.05, 0) is 27.7 Å². The Balaban J connectivity index is 4.44. The molecule has 6 heteroatoms. The molecule has 0 aliphatic rings. The molecule has 0 aromatic heterocycles. The SMILES string of the molecule is CCOC(O)C[Si](OCC)(OCC)OCC. The molecule has 1 unspecified atom stereocenters. The van der Waals surface area contributed by atoms with Crippen LogP contribution in [0, 0.1) is 0 Å². The van der Waals surface area contributed by atoms with E-state index in [1.165, 1.54) is 0 Å². The molecule has 0 saturated carbocycles. The van der Waals surface area contributed by atoms with Gasteiger partial charge in [-0.25, -0.2) is 0 Å². The molecule has 0 aliphatic carbocycles. The van der Waals surface area contributed by atoms with Gasteiger partial charge >= 0.3 is 8.80 Å². The van der Waals surface area contributed by atoms with Crippen LogP contribution in [0.25, 0.3) is 0 Å². The molecule has 0 spiro atoms. The van der Waals surface area contributed by atoms with Crippen LogP contribution >= 0.6 is 0 Å². The van der Waals surface area contributed by atoms with Crippen molar-refractivity contribution in [2.24, 2.45) is 0 Å². The molecule has 0 aromatic rings. The maximum absolute atomic E-state index is 9.64. The number of hydrogen-bond acceptors (Lipinski definition) is 5. The molecule has 0 rings (SSSR count). The minimum atomic E-state index is -2.77. The predicted octanol–water partition coefficient (Wildman–Crippen LogP) is 1.39. The quantitative estimate of drug-likeness (QED) is 0.470. The third-order valence-corrected chi connectivity index (χ3v) is 4.91. The monoisotopic (exact) mass is 252 g/mol. The lowest BCUT2D eigenvalue weighted by atomic mass is 10.7. The summed E-state index contributed by atoms with van der Waals surface area (Å²) >= 11 is 0. The van der Waals surface area contributed by atoms with Crippen molar-refractivity contribution < 1.29 is 23.1 Å².